The van der Waals surface area contributed by atoms with Crippen LogP contribution in [0.25, 0.3) is 0 Å². The van der Waals surface area contributed by atoms with E-state index in [1.54, 1.807) is 0 Å². The summed E-state index contributed by atoms with van der Waals surface area (Å²) in [6.45, 7) is 1.04. The van der Waals surface area contributed by atoms with Crippen LogP contribution in [0.3, 0.4) is 0 Å². The first-order valence-electron chi connectivity index (χ1n) is 6.01. The number of anilines is 1. The fourth-order valence-electron chi connectivity index (χ4n) is 2.24. The number of hydrogen-bond donors (Lipinski definition) is 1. The Morgan fingerprint density at radius 1 is 1.61 bits per heavy atom. The second-order valence-electron chi connectivity index (χ2n) is 4.66. The lowest BCUT2D eigenvalue weighted by molar-refractivity contribution is -0.117. The van der Waals surface area contributed by atoms with Crippen LogP contribution in [0.5, 0.6) is 0 Å². The first kappa shape index (κ1) is 13.3. The van der Waals surface area contributed by atoms with Crippen LogP contribution < -0.4 is 5.32 Å². The van der Waals surface area contributed by atoms with Gasteiger partial charge in [-0.1, -0.05) is 11.6 Å². The van der Waals surface area contributed by atoms with Crippen molar-refractivity contribution in [1.29, 1.82) is 0 Å². The summed E-state index contributed by atoms with van der Waals surface area (Å²) in [4.78, 5) is 14.0. The minimum Gasteiger partial charge on any atom is -0.326 e. The number of rotatable bonds is 3. The van der Waals surface area contributed by atoms with Crippen molar-refractivity contribution in [2.75, 3.05) is 18.9 Å². The van der Waals surface area contributed by atoms with Crippen molar-refractivity contribution in [3.63, 3.8) is 0 Å². The van der Waals surface area contributed by atoms with Gasteiger partial charge >= 0.3 is 0 Å². The zero-order valence-electron chi connectivity index (χ0n) is 10.2. The molecular weight excluding hydrogens is 255 g/mol. The van der Waals surface area contributed by atoms with E-state index in [1.165, 1.54) is 18.2 Å². The number of carbonyl (C=O) groups is 1. The number of halogens is 2. The van der Waals surface area contributed by atoms with E-state index in [0.29, 0.717) is 18.2 Å². The third-order valence-electron chi connectivity index (χ3n) is 3.30. The summed E-state index contributed by atoms with van der Waals surface area (Å²) in [7, 11) is 2.03. The van der Waals surface area contributed by atoms with E-state index in [-0.39, 0.29) is 10.9 Å². The normalized spacial score (nSPS) is 20.1. The largest absolute Gasteiger partial charge is 0.326 e. The molecule has 0 aromatic heterocycles. The third kappa shape index (κ3) is 3.21. The maximum atomic E-state index is 13.0. The summed E-state index contributed by atoms with van der Waals surface area (Å²) in [5, 5.41) is 2.76. The molecule has 1 unspecified atom stereocenters. The van der Waals surface area contributed by atoms with Gasteiger partial charge in [0, 0.05) is 18.2 Å². The van der Waals surface area contributed by atoms with E-state index < -0.39 is 5.82 Å². The van der Waals surface area contributed by atoms with Gasteiger partial charge in [-0.2, -0.15) is 0 Å². The number of amides is 1. The van der Waals surface area contributed by atoms with Crippen molar-refractivity contribution < 1.29 is 9.18 Å². The highest BCUT2D eigenvalue weighted by atomic mass is 35.5. The van der Waals surface area contributed by atoms with Crippen molar-refractivity contribution in [3.8, 4) is 0 Å². The molecule has 1 saturated heterocycles. The molecule has 1 aliphatic rings. The molecule has 1 heterocycles. The van der Waals surface area contributed by atoms with Crippen molar-refractivity contribution >= 4 is 23.2 Å². The Kier molecular flexibility index (Phi) is 4.19. The number of nitrogens with zero attached hydrogens (tertiary/aromatic N) is 1. The Hall–Kier alpha value is -1.13. The number of benzene rings is 1. The van der Waals surface area contributed by atoms with E-state index in [2.05, 4.69) is 10.2 Å². The van der Waals surface area contributed by atoms with Gasteiger partial charge in [0.1, 0.15) is 5.82 Å². The fourth-order valence-corrected chi connectivity index (χ4v) is 2.42. The SMILES string of the molecule is CN1CCCC1CC(=O)Nc1ccc(F)c(Cl)c1. The number of carbonyl (C=O) groups excluding carboxylic acids is 1. The zero-order valence-corrected chi connectivity index (χ0v) is 11.0. The molecule has 2 rings (SSSR count). The van der Waals surface area contributed by atoms with E-state index in [0.717, 1.165) is 19.4 Å². The highest BCUT2D eigenvalue weighted by Crippen LogP contribution is 2.21. The molecule has 98 valence electrons. The summed E-state index contributed by atoms with van der Waals surface area (Å²) in [6, 6.07) is 4.49. The van der Waals surface area contributed by atoms with Gasteiger partial charge in [-0.25, -0.2) is 4.39 Å². The molecule has 5 heteroatoms. The lowest BCUT2D eigenvalue weighted by Crippen LogP contribution is -2.29. The number of hydrogen-bond acceptors (Lipinski definition) is 2. The van der Waals surface area contributed by atoms with Crippen LogP contribution in [0.4, 0.5) is 10.1 Å². The lowest BCUT2D eigenvalue weighted by atomic mass is 10.1. The minimum absolute atomic E-state index is 0.0192. The van der Waals surface area contributed by atoms with Gasteiger partial charge in [0.2, 0.25) is 5.91 Å². The standard InChI is InChI=1S/C13H16ClFN2O/c1-17-6-2-3-10(17)8-13(18)16-9-4-5-12(15)11(14)7-9/h4-5,7,10H,2-3,6,8H2,1H3,(H,16,18). The van der Waals surface area contributed by atoms with Gasteiger partial charge in [0.05, 0.1) is 5.02 Å². The molecule has 0 aliphatic carbocycles. The third-order valence-corrected chi connectivity index (χ3v) is 3.59. The predicted octanol–water partition coefficient (Wildman–Crippen LogP) is 2.90. The molecule has 0 saturated carbocycles. The minimum atomic E-state index is -0.481. The van der Waals surface area contributed by atoms with Crippen LogP contribution in [0.1, 0.15) is 19.3 Å². The Morgan fingerprint density at radius 2 is 2.39 bits per heavy atom. The Labute approximate surface area is 111 Å². The maximum absolute atomic E-state index is 13.0. The molecule has 1 amide bonds. The van der Waals surface area contributed by atoms with Crippen LogP contribution >= 0.6 is 11.6 Å². The maximum Gasteiger partial charge on any atom is 0.225 e. The van der Waals surface area contributed by atoms with Crippen LogP contribution in [0, 0.1) is 5.82 Å². The highest BCUT2D eigenvalue weighted by molar-refractivity contribution is 6.31. The smallest absolute Gasteiger partial charge is 0.225 e. The lowest BCUT2D eigenvalue weighted by Gasteiger charge is -2.18. The van der Waals surface area contributed by atoms with E-state index in [9.17, 15) is 9.18 Å². The molecule has 0 bridgehead atoms. The van der Waals surface area contributed by atoms with E-state index in [1.807, 2.05) is 7.05 Å². The Balaban J connectivity index is 1.92. The van der Waals surface area contributed by atoms with Gasteiger partial charge in [-0.05, 0) is 44.6 Å². The Morgan fingerprint density at radius 3 is 3.00 bits per heavy atom. The van der Waals surface area contributed by atoms with Crippen LogP contribution in [0.2, 0.25) is 5.02 Å². The molecule has 0 radical (unpaired) electrons. The number of likely N-dealkylation sites (tertiary alicyclic amines) is 1. The molecular formula is C13H16ClFN2O. The average molecular weight is 271 g/mol. The molecule has 3 nitrogen and oxygen atoms in total. The topological polar surface area (TPSA) is 32.3 Å². The fraction of sp³-hybridized carbons (Fsp3) is 0.462. The summed E-state index contributed by atoms with van der Waals surface area (Å²) < 4.78 is 13.0. The van der Waals surface area contributed by atoms with Crippen molar-refractivity contribution in [2.24, 2.45) is 0 Å². The summed E-state index contributed by atoms with van der Waals surface area (Å²) in [5.41, 5.74) is 0.534. The van der Waals surface area contributed by atoms with Crippen LogP contribution in [0.15, 0.2) is 18.2 Å². The molecule has 1 aromatic carbocycles. The second-order valence-corrected chi connectivity index (χ2v) is 5.07. The molecule has 1 N–H and O–H groups in total. The average Bonchev–Trinajstić information content (AvgIpc) is 2.70. The summed E-state index contributed by atoms with van der Waals surface area (Å²) in [6.07, 6.45) is 2.65. The van der Waals surface area contributed by atoms with Gasteiger partial charge in [-0.15, -0.1) is 0 Å². The van der Waals surface area contributed by atoms with E-state index in [4.69, 9.17) is 11.6 Å². The Bertz CT molecular complexity index is 453. The predicted molar refractivity (Wildman–Crippen MR) is 70.3 cm³/mol. The molecule has 1 fully saturated rings. The zero-order chi connectivity index (χ0) is 13.1. The van der Waals surface area contributed by atoms with Gasteiger partial charge in [0.25, 0.3) is 0 Å². The van der Waals surface area contributed by atoms with Crippen LogP contribution in [-0.2, 0) is 4.79 Å². The first-order valence-corrected chi connectivity index (χ1v) is 6.39. The number of nitrogens with one attached hydrogen (secondary N) is 1. The summed E-state index contributed by atoms with van der Waals surface area (Å²) >= 11 is 5.66. The van der Waals surface area contributed by atoms with E-state index >= 15 is 0 Å². The monoisotopic (exact) mass is 270 g/mol. The van der Waals surface area contributed by atoms with Crippen molar-refractivity contribution in [1.82, 2.24) is 4.90 Å². The highest BCUT2D eigenvalue weighted by Gasteiger charge is 2.23. The van der Waals surface area contributed by atoms with Crippen molar-refractivity contribution in [3.05, 3.63) is 29.0 Å². The molecule has 1 aromatic rings. The van der Waals surface area contributed by atoms with Gasteiger partial charge < -0.3 is 10.2 Å². The van der Waals surface area contributed by atoms with Crippen LogP contribution in [-0.4, -0.2) is 30.4 Å². The molecule has 1 aliphatic heterocycles. The second kappa shape index (κ2) is 5.67. The summed E-state index contributed by atoms with van der Waals surface area (Å²) in [5.74, 6) is -0.540. The molecule has 0 spiro atoms. The molecule has 1 atom stereocenters. The van der Waals surface area contributed by atoms with Crippen molar-refractivity contribution in [2.45, 2.75) is 25.3 Å². The van der Waals surface area contributed by atoms with Gasteiger partial charge in [0.15, 0.2) is 0 Å². The molecule has 18 heavy (non-hydrogen) atoms. The first-order chi connectivity index (χ1) is 8.56. The quantitative estimate of drug-likeness (QED) is 0.916. The van der Waals surface area contributed by atoms with Gasteiger partial charge in [-0.3, -0.25) is 4.79 Å².